The molecule has 0 saturated heterocycles. The highest BCUT2D eigenvalue weighted by Gasteiger charge is 2.26. The third-order valence-corrected chi connectivity index (χ3v) is 9.14. The van der Waals surface area contributed by atoms with Gasteiger partial charge in [-0.05, 0) is 108 Å². The first-order valence-corrected chi connectivity index (χ1v) is 16.2. The van der Waals surface area contributed by atoms with Crippen molar-refractivity contribution in [1.29, 1.82) is 0 Å². The van der Waals surface area contributed by atoms with Crippen LogP contribution in [-0.4, -0.2) is 38.0 Å². The Morgan fingerprint density at radius 2 is 1.63 bits per heavy atom. The number of aliphatic hydroxyl groups excluding tert-OH is 1. The van der Waals surface area contributed by atoms with Gasteiger partial charge in [0.1, 0.15) is 0 Å². The number of fused-ring (bicyclic) bond motifs is 1. The Bertz CT molecular complexity index is 1340. The van der Waals surface area contributed by atoms with Crippen LogP contribution in [0.25, 0.3) is 21.9 Å². The molecule has 4 rings (SSSR count). The van der Waals surface area contributed by atoms with E-state index in [0.29, 0.717) is 18.4 Å². The number of ether oxygens (including phenoxy) is 1. The van der Waals surface area contributed by atoms with Crippen molar-refractivity contribution in [2.45, 2.75) is 84.0 Å². The van der Waals surface area contributed by atoms with Crippen LogP contribution in [0.15, 0.2) is 66.7 Å². The van der Waals surface area contributed by atoms with Crippen molar-refractivity contribution in [3.05, 3.63) is 83.4 Å². The standard InChI is InChI=1S/C38H50O5/c1-5-7-8-9-31-14-15-34(21-30(31)6-2)36-19-18-35-22-33(16-17-37(35)23-36)32-12-10-28(11-13-32)20-29(25-41-4)26-42-43-38(40)27(3)24-39/h14-19,21-23,28-29,32,39H,3,5-13,20,24-26H2,1-2,4H3. The molecule has 43 heavy (non-hydrogen) atoms. The zero-order valence-electron chi connectivity index (χ0n) is 26.4. The highest BCUT2D eigenvalue weighted by Crippen LogP contribution is 2.39. The van der Waals surface area contributed by atoms with Gasteiger partial charge >= 0.3 is 5.97 Å². The van der Waals surface area contributed by atoms with Crippen molar-refractivity contribution in [2.24, 2.45) is 11.8 Å². The Labute approximate surface area is 258 Å². The number of hydrogen-bond donors (Lipinski definition) is 1. The van der Waals surface area contributed by atoms with Gasteiger partial charge in [0.2, 0.25) is 0 Å². The first-order valence-electron chi connectivity index (χ1n) is 16.2. The molecule has 1 aliphatic rings. The smallest absolute Gasteiger partial charge is 0.370 e. The number of aryl methyl sites for hydroxylation is 2. The zero-order chi connectivity index (χ0) is 30.6. The molecule has 1 N–H and O–H groups in total. The Morgan fingerprint density at radius 3 is 2.35 bits per heavy atom. The Balaban J connectivity index is 1.33. The Kier molecular flexibility index (Phi) is 12.8. The minimum absolute atomic E-state index is 0.0240. The summed E-state index contributed by atoms with van der Waals surface area (Å²) in [4.78, 5) is 21.6. The van der Waals surface area contributed by atoms with Gasteiger partial charge in [-0.1, -0.05) is 81.8 Å². The molecule has 5 heteroatoms. The average molecular weight is 587 g/mol. The number of carbonyl (C=O) groups excluding carboxylic acids is 1. The molecule has 1 fully saturated rings. The molecule has 0 aliphatic heterocycles. The Morgan fingerprint density at radius 1 is 0.907 bits per heavy atom. The molecule has 1 aliphatic carbocycles. The van der Waals surface area contributed by atoms with Gasteiger partial charge in [0.25, 0.3) is 0 Å². The molecule has 1 saturated carbocycles. The van der Waals surface area contributed by atoms with Crippen LogP contribution >= 0.6 is 0 Å². The van der Waals surface area contributed by atoms with Gasteiger partial charge in [0, 0.05) is 13.0 Å². The first kappa shape index (κ1) is 32.9. The van der Waals surface area contributed by atoms with Crippen molar-refractivity contribution in [1.82, 2.24) is 0 Å². The summed E-state index contributed by atoms with van der Waals surface area (Å²) in [6.07, 6.45) is 11.7. The first-order chi connectivity index (χ1) is 20.9. The predicted molar refractivity (Wildman–Crippen MR) is 175 cm³/mol. The summed E-state index contributed by atoms with van der Waals surface area (Å²) in [5.74, 6) is 0.581. The van der Waals surface area contributed by atoms with E-state index in [9.17, 15) is 4.79 Å². The van der Waals surface area contributed by atoms with E-state index >= 15 is 0 Å². The van der Waals surface area contributed by atoms with Crippen LogP contribution in [0.4, 0.5) is 0 Å². The summed E-state index contributed by atoms with van der Waals surface area (Å²) in [5.41, 5.74) is 7.01. The number of methoxy groups -OCH3 is 1. The number of hydrogen-bond acceptors (Lipinski definition) is 5. The third kappa shape index (κ3) is 9.25. The van der Waals surface area contributed by atoms with E-state index in [-0.39, 0.29) is 18.1 Å². The second-order valence-electron chi connectivity index (χ2n) is 12.3. The molecule has 3 aromatic rings. The van der Waals surface area contributed by atoms with Crippen LogP contribution in [0.3, 0.4) is 0 Å². The Hall–Kier alpha value is -2.99. The molecular formula is C38H50O5. The average Bonchev–Trinajstić information content (AvgIpc) is 3.04. The van der Waals surface area contributed by atoms with Crippen molar-refractivity contribution in [3.8, 4) is 11.1 Å². The highest BCUT2D eigenvalue weighted by atomic mass is 17.2. The molecular weight excluding hydrogens is 536 g/mol. The topological polar surface area (TPSA) is 65.0 Å². The molecule has 232 valence electrons. The number of rotatable bonds is 16. The van der Waals surface area contributed by atoms with Crippen LogP contribution < -0.4 is 0 Å². The molecule has 0 radical (unpaired) electrons. The molecule has 3 aromatic carbocycles. The van der Waals surface area contributed by atoms with Crippen molar-refractivity contribution in [3.63, 3.8) is 0 Å². The summed E-state index contributed by atoms with van der Waals surface area (Å²) in [6.45, 7) is 8.36. The van der Waals surface area contributed by atoms with Gasteiger partial charge in [0.15, 0.2) is 0 Å². The van der Waals surface area contributed by atoms with Gasteiger partial charge in [-0.25, -0.2) is 4.79 Å². The SMILES string of the molecule is C=C(CO)C(=O)OOCC(COC)CC1CCC(c2ccc3cc(-c4ccc(CCCCC)c(CC)c4)ccc3c2)CC1. The molecule has 1 unspecified atom stereocenters. The van der Waals surface area contributed by atoms with Crippen LogP contribution in [0, 0.1) is 11.8 Å². The summed E-state index contributed by atoms with van der Waals surface area (Å²) in [7, 11) is 1.68. The second kappa shape index (κ2) is 16.7. The van der Waals surface area contributed by atoms with E-state index in [1.807, 2.05) is 0 Å². The van der Waals surface area contributed by atoms with Gasteiger partial charge < -0.3 is 9.84 Å². The van der Waals surface area contributed by atoms with Gasteiger partial charge in [-0.15, -0.1) is 0 Å². The lowest BCUT2D eigenvalue weighted by Gasteiger charge is -2.31. The van der Waals surface area contributed by atoms with E-state index in [2.05, 4.69) is 75.0 Å². The molecule has 0 spiro atoms. The second-order valence-corrected chi connectivity index (χ2v) is 12.3. The monoisotopic (exact) mass is 586 g/mol. The van der Waals surface area contributed by atoms with Crippen LogP contribution in [0.2, 0.25) is 0 Å². The fourth-order valence-electron chi connectivity index (χ4n) is 6.57. The fraction of sp³-hybridized carbons (Fsp3) is 0.500. The van der Waals surface area contributed by atoms with Gasteiger partial charge in [-0.3, -0.25) is 4.89 Å². The maximum atomic E-state index is 11.7. The largest absolute Gasteiger partial charge is 0.391 e. The van der Waals surface area contributed by atoms with Crippen LogP contribution in [0.5, 0.6) is 0 Å². The van der Waals surface area contributed by atoms with Gasteiger partial charge in [0.05, 0.1) is 25.4 Å². The van der Waals surface area contributed by atoms with Crippen molar-refractivity contribution >= 4 is 16.7 Å². The van der Waals surface area contributed by atoms with E-state index in [0.717, 1.165) is 25.7 Å². The van der Waals surface area contributed by atoms with Crippen molar-refractivity contribution in [2.75, 3.05) is 26.9 Å². The normalized spacial score (nSPS) is 17.6. The third-order valence-electron chi connectivity index (χ3n) is 9.14. The minimum Gasteiger partial charge on any atom is -0.391 e. The van der Waals surface area contributed by atoms with E-state index in [4.69, 9.17) is 19.6 Å². The summed E-state index contributed by atoms with van der Waals surface area (Å²) >= 11 is 0. The lowest BCUT2D eigenvalue weighted by molar-refractivity contribution is -0.276. The fourth-order valence-corrected chi connectivity index (χ4v) is 6.57. The molecule has 0 heterocycles. The maximum Gasteiger partial charge on any atom is 0.370 e. The minimum atomic E-state index is -0.733. The number of aliphatic hydroxyl groups is 1. The molecule has 0 amide bonds. The number of carbonyl (C=O) groups is 1. The van der Waals surface area contributed by atoms with Crippen LogP contribution in [0.1, 0.15) is 87.8 Å². The summed E-state index contributed by atoms with van der Waals surface area (Å²) in [5, 5.41) is 11.6. The quantitative estimate of drug-likeness (QED) is 0.0787. The number of unbranched alkanes of at least 4 members (excludes halogenated alkanes) is 2. The molecule has 5 nitrogen and oxygen atoms in total. The molecule has 0 aromatic heterocycles. The lowest BCUT2D eigenvalue weighted by Crippen LogP contribution is -2.23. The van der Waals surface area contributed by atoms with E-state index < -0.39 is 12.6 Å². The van der Waals surface area contributed by atoms with Gasteiger partial charge in [-0.2, -0.15) is 4.89 Å². The summed E-state index contributed by atoms with van der Waals surface area (Å²) < 4.78 is 5.40. The van der Waals surface area contributed by atoms with E-state index in [1.54, 1.807) is 7.11 Å². The van der Waals surface area contributed by atoms with E-state index in [1.165, 1.54) is 77.1 Å². The maximum absolute atomic E-state index is 11.7. The predicted octanol–water partition coefficient (Wildman–Crippen LogP) is 8.75. The number of benzene rings is 3. The highest BCUT2D eigenvalue weighted by molar-refractivity contribution is 5.88. The van der Waals surface area contributed by atoms with Crippen LogP contribution in [-0.2, 0) is 32.1 Å². The zero-order valence-corrected chi connectivity index (χ0v) is 26.4. The lowest BCUT2D eigenvalue weighted by atomic mass is 9.75. The molecule has 1 atom stereocenters. The van der Waals surface area contributed by atoms with Crippen molar-refractivity contribution < 1.29 is 24.4 Å². The summed E-state index contributed by atoms with van der Waals surface area (Å²) in [6, 6.07) is 21.0. The molecule has 0 bridgehead atoms.